The predicted molar refractivity (Wildman–Crippen MR) is 305 cm³/mol. The van der Waals surface area contributed by atoms with Crippen molar-refractivity contribution in [2.75, 3.05) is 0 Å². The van der Waals surface area contributed by atoms with Crippen LogP contribution in [0.1, 0.15) is 301 Å². The zero-order valence-electron chi connectivity index (χ0n) is 46.8. The van der Waals surface area contributed by atoms with E-state index in [-0.39, 0.29) is 0 Å². The van der Waals surface area contributed by atoms with Crippen LogP contribution in [0.5, 0.6) is 0 Å². The Morgan fingerprint density at radius 3 is 0.677 bits per heavy atom. The third kappa shape index (κ3) is 76.5. The third-order valence-corrected chi connectivity index (χ3v) is 11.5. The zero-order valence-corrected chi connectivity index (χ0v) is 46.8. The number of hydrogen-bond acceptors (Lipinski definition) is 0. The van der Waals surface area contributed by atoms with E-state index in [1.54, 1.807) is 0 Å². The second-order valence-corrected chi connectivity index (χ2v) is 22.6. The van der Waals surface area contributed by atoms with Crippen LogP contribution in [0.4, 0.5) is 0 Å². The van der Waals surface area contributed by atoms with E-state index >= 15 is 0 Å². The van der Waals surface area contributed by atoms with Crippen molar-refractivity contribution in [2.45, 2.75) is 301 Å². The van der Waals surface area contributed by atoms with Crippen LogP contribution in [-0.4, -0.2) is 0 Å². The molecule has 0 N–H and O–H groups in total. The molecule has 0 unspecified atom stereocenters. The van der Waals surface area contributed by atoms with Gasteiger partial charge in [-0.2, -0.15) is 0 Å². The van der Waals surface area contributed by atoms with Gasteiger partial charge in [0.15, 0.2) is 0 Å². The molecule has 0 aromatic heterocycles. The highest BCUT2D eigenvalue weighted by molar-refractivity contribution is 4.98. The first-order valence-electron chi connectivity index (χ1n) is 28.4. The van der Waals surface area contributed by atoms with Gasteiger partial charge in [-0.3, -0.25) is 0 Å². The molecule has 0 saturated heterocycles. The van der Waals surface area contributed by atoms with Gasteiger partial charge in [0.25, 0.3) is 0 Å². The number of hydrogen-bond donors (Lipinski definition) is 0. The summed E-state index contributed by atoms with van der Waals surface area (Å²) in [6.45, 7) is 27.7. The first-order chi connectivity index (χ1) is 31.2. The van der Waals surface area contributed by atoms with Gasteiger partial charge < -0.3 is 0 Å². The fourth-order valence-corrected chi connectivity index (χ4v) is 7.30. The molecule has 0 aliphatic rings. The molecule has 0 fully saturated rings. The second-order valence-electron chi connectivity index (χ2n) is 22.6. The van der Waals surface area contributed by atoms with Crippen molar-refractivity contribution in [1.82, 2.24) is 0 Å². The van der Waals surface area contributed by atoms with E-state index in [1.165, 1.54) is 180 Å². The van der Waals surface area contributed by atoms with E-state index in [0.717, 1.165) is 38.5 Å². The van der Waals surface area contributed by atoms with E-state index in [0.29, 0.717) is 16.2 Å². The summed E-state index contributed by atoms with van der Waals surface area (Å²) in [6.07, 6.45) is 81.5. The average molecular weight is 902 g/mol. The summed E-state index contributed by atoms with van der Waals surface area (Å²) >= 11 is 0. The molecule has 65 heavy (non-hydrogen) atoms. The van der Waals surface area contributed by atoms with Gasteiger partial charge in [-0.1, -0.05) is 277 Å². The van der Waals surface area contributed by atoms with Crippen LogP contribution in [0.3, 0.4) is 0 Å². The molecule has 0 spiro atoms. The highest BCUT2D eigenvalue weighted by Crippen LogP contribution is 2.24. The topological polar surface area (TPSA) is 0 Å². The number of allylic oxidation sites excluding steroid dienone is 16. The van der Waals surface area contributed by atoms with E-state index in [2.05, 4.69) is 180 Å². The molecule has 0 rings (SSSR count). The molecule has 0 amide bonds. The van der Waals surface area contributed by atoms with Crippen molar-refractivity contribution in [2.24, 2.45) is 16.2 Å². The molecule has 0 saturated carbocycles. The SMILES string of the molecule is CC/C=C\C/C=C\C/C=C\CCCCCCCCC(C)(C)C.CCCCC/C=C\C/C=C\C/C=C\CCCCC(C)(C)C.CCCCC/C=C\C/C=C\CCCCCCCCC(C)(C)C. The summed E-state index contributed by atoms with van der Waals surface area (Å²) in [5.41, 5.74) is 1.54. The van der Waals surface area contributed by atoms with Crippen molar-refractivity contribution in [3.63, 3.8) is 0 Å². The van der Waals surface area contributed by atoms with Gasteiger partial charge in [-0.05, 0) is 138 Å². The van der Waals surface area contributed by atoms with Gasteiger partial charge in [0.05, 0.1) is 0 Å². The molecule has 0 aromatic carbocycles. The third-order valence-electron chi connectivity index (χ3n) is 11.5. The van der Waals surface area contributed by atoms with Crippen molar-refractivity contribution < 1.29 is 0 Å². The smallest absolute Gasteiger partial charge is 0.0169 e. The lowest BCUT2D eigenvalue weighted by Gasteiger charge is -2.17. The van der Waals surface area contributed by atoms with Crippen LogP contribution >= 0.6 is 0 Å². The standard InChI is InChI=1S/C22H42.C22H40.C21H38/c2*1-5-6-7-8-9-10-11-12-13-14-15-16-17-18-19-20-21-22(2,3)4;1-5-6-7-8-9-10-11-12-13-14-15-16-17-18-19-20-21(2,3)4/h9-10,12-13H,5-8,11,14-21H2,1-4H3;6-7,9-10,12-13H,5,8,11,14-21H2,1-4H3;9-10,12-13,15-16H,5-8,11,14,17-20H2,1-4H3/b10-9-,13-12-;7-6-,10-9-,13-12-;10-9-,13-12-,16-15-. The van der Waals surface area contributed by atoms with Crippen molar-refractivity contribution in [1.29, 1.82) is 0 Å². The Hall–Kier alpha value is -2.08. The van der Waals surface area contributed by atoms with Crippen LogP contribution in [0.25, 0.3) is 0 Å². The maximum absolute atomic E-state index is 2.37. The summed E-state index contributed by atoms with van der Waals surface area (Å²) in [7, 11) is 0. The highest BCUT2D eigenvalue weighted by Gasteiger charge is 2.10. The minimum Gasteiger partial charge on any atom is -0.0885 e. The van der Waals surface area contributed by atoms with Crippen LogP contribution < -0.4 is 0 Å². The van der Waals surface area contributed by atoms with Crippen molar-refractivity contribution in [3.05, 3.63) is 97.2 Å². The molecule has 380 valence electrons. The maximum atomic E-state index is 2.37. The quantitative estimate of drug-likeness (QED) is 0.0426. The van der Waals surface area contributed by atoms with Crippen molar-refractivity contribution in [3.8, 4) is 0 Å². The largest absolute Gasteiger partial charge is 0.0885 e. The monoisotopic (exact) mass is 901 g/mol. The van der Waals surface area contributed by atoms with E-state index in [1.807, 2.05) is 0 Å². The summed E-state index contributed by atoms with van der Waals surface area (Å²) in [5, 5.41) is 0. The van der Waals surface area contributed by atoms with Crippen LogP contribution in [0.15, 0.2) is 97.2 Å². The Balaban J connectivity index is -0.000000887. The van der Waals surface area contributed by atoms with E-state index < -0.39 is 0 Å². The molecule has 0 aliphatic carbocycles. The minimum absolute atomic E-state index is 0.497. The first-order valence-corrected chi connectivity index (χ1v) is 28.4. The lowest BCUT2D eigenvalue weighted by Crippen LogP contribution is -2.03. The van der Waals surface area contributed by atoms with Crippen molar-refractivity contribution >= 4 is 0 Å². The average Bonchev–Trinajstić information content (AvgIpc) is 3.24. The predicted octanol–water partition coefficient (Wildman–Crippen LogP) is 23.9. The fourth-order valence-electron chi connectivity index (χ4n) is 7.30. The Kier molecular flexibility index (Phi) is 54.7. The van der Waals surface area contributed by atoms with E-state index in [9.17, 15) is 0 Å². The molecule has 0 radical (unpaired) electrons. The Labute approximate surface area is 413 Å². The number of unbranched alkanes of at least 4 members (excludes halogenated alkanes) is 20. The Bertz CT molecular complexity index is 1140. The Morgan fingerprint density at radius 1 is 0.215 bits per heavy atom. The Morgan fingerprint density at radius 2 is 0.415 bits per heavy atom. The van der Waals surface area contributed by atoms with Gasteiger partial charge in [0, 0.05) is 0 Å². The van der Waals surface area contributed by atoms with Gasteiger partial charge in [-0.15, -0.1) is 0 Å². The molecule has 0 aliphatic heterocycles. The zero-order chi connectivity index (χ0) is 48.9. The maximum Gasteiger partial charge on any atom is -0.0169 e. The molecule has 0 heteroatoms. The molecule has 0 atom stereocenters. The summed E-state index contributed by atoms with van der Waals surface area (Å²) < 4.78 is 0. The van der Waals surface area contributed by atoms with Gasteiger partial charge >= 0.3 is 0 Å². The lowest BCUT2D eigenvalue weighted by molar-refractivity contribution is 0.356. The second kappa shape index (κ2) is 52.9. The van der Waals surface area contributed by atoms with Crippen LogP contribution in [-0.2, 0) is 0 Å². The molecule has 0 aromatic rings. The molecule has 0 nitrogen and oxygen atoms in total. The van der Waals surface area contributed by atoms with Crippen LogP contribution in [0.2, 0.25) is 0 Å². The normalized spacial score (nSPS) is 13.0. The molecule has 0 heterocycles. The van der Waals surface area contributed by atoms with Gasteiger partial charge in [0.1, 0.15) is 0 Å². The van der Waals surface area contributed by atoms with Gasteiger partial charge in [0.2, 0.25) is 0 Å². The molecule has 0 bridgehead atoms. The summed E-state index contributed by atoms with van der Waals surface area (Å²) in [5.74, 6) is 0. The van der Waals surface area contributed by atoms with Crippen LogP contribution in [0, 0.1) is 16.2 Å². The van der Waals surface area contributed by atoms with Gasteiger partial charge in [-0.25, -0.2) is 0 Å². The van der Waals surface area contributed by atoms with E-state index in [4.69, 9.17) is 0 Å². The fraction of sp³-hybridized carbons (Fsp3) is 0.754. The molecular formula is C65H120. The minimum atomic E-state index is 0.497. The summed E-state index contributed by atoms with van der Waals surface area (Å²) in [6, 6.07) is 0. The highest BCUT2D eigenvalue weighted by atomic mass is 14.2. The molecular weight excluding hydrogens is 781 g/mol. The summed E-state index contributed by atoms with van der Waals surface area (Å²) in [4.78, 5) is 0. The first kappa shape index (κ1) is 67.2. The lowest BCUT2D eigenvalue weighted by atomic mass is 9.89. The number of rotatable bonds is 39.